The van der Waals surface area contributed by atoms with E-state index in [2.05, 4.69) is 39.0 Å². The van der Waals surface area contributed by atoms with Crippen molar-refractivity contribution in [2.45, 2.75) is 24.5 Å². The number of piperazine rings is 1. The van der Waals surface area contributed by atoms with Gasteiger partial charge in [0, 0.05) is 51.4 Å². The third kappa shape index (κ3) is 7.22. The highest BCUT2D eigenvalue weighted by Crippen LogP contribution is 2.14. The molecule has 2 N–H and O–H groups in total. The van der Waals surface area contributed by atoms with Crippen molar-refractivity contribution < 1.29 is 13.2 Å². The van der Waals surface area contributed by atoms with Gasteiger partial charge in [-0.15, -0.1) is 0 Å². The lowest BCUT2D eigenvalue weighted by molar-refractivity contribution is 0.0950. The second kappa shape index (κ2) is 11.6. The van der Waals surface area contributed by atoms with Gasteiger partial charge in [0.25, 0.3) is 5.91 Å². The molecule has 0 spiro atoms. The highest BCUT2D eigenvalue weighted by atomic mass is 32.2. The van der Waals surface area contributed by atoms with Crippen molar-refractivity contribution in [2.75, 3.05) is 33.2 Å². The summed E-state index contributed by atoms with van der Waals surface area (Å²) in [5, 5.41) is 2.91. The molecule has 7 nitrogen and oxygen atoms in total. The molecule has 0 aromatic heterocycles. The van der Waals surface area contributed by atoms with E-state index in [4.69, 9.17) is 0 Å². The van der Waals surface area contributed by atoms with Crippen molar-refractivity contribution in [3.05, 3.63) is 101 Å². The van der Waals surface area contributed by atoms with E-state index < -0.39 is 10.0 Å². The van der Waals surface area contributed by atoms with Crippen molar-refractivity contribution in [2.24, 2.45) is 0 Å². The summed E-state index contributed by atoms with van der Waals surface area (Å²) >= 11 is 0. The van der Waals surface area contributed by atoms with Crippen LogP contribution in [0.25, 0.3) is 0 Å². The summed E-state index contributed by atoms with van der Waals surface area (Å²) in [4.78, 5) is 17.6. The van der Waals surface area contributed by atoms with Gasteiger partial charge in [-0.3, -0.25) is 9.69 Å². The van der Waals surface area contributed by atoms with E-state index in [1.165, 1.54) is 17.7 Å². The number of nitrogens with zero attached hydrogens (tertiary/aromatic N) is 2. The van der Waals surface area contributed by atoms with Gasteiger partial charge in [-0.05, 0) is 41.9 Å². The van der Waals surface area contributed by atoms with Gasteiger partial charge < -0.3 is 10.2 Å². The summed E-state index contributed by atoms with van der Waals surface area (Å²) in [6.07, 6.45) is 0. The van der Waals surface area contributed by atoms with Gasteiger partial charge in [-0.1, -0.05) is 60.7 Å². The topological polar surface area (TPSA) is 81.8 Å². The van der Waals surface area contributed by atoms with E-state index in [0.717, 1.165) is 43.9 Å². The number of amides is 1. The summed E-state index contributed by atoms with van der Waals surface area (Å²) < 4.78 is 28.0. The normalized spacial score (nSPS) is 15.1. The largest absolute Gasteiger partial charge is 0.348 e. The Morgan fingerprint density at radius 3 is 2.26 bits per heavy atom. The molecule has 0 unspecified atom stereocenters. The van der Waals surface area contributed by atoms with Crippen LogP contribution in [0.3, 0.4) is 0 Å². The van der Waals surface area contributed by atoms with Crippen LogP contribution in [0.1, 0.15) is 27.0 Å². The van der Waals surface area contributed by atoms with Gasteiger partial charge in [-0.2, -0.15) is 0 Å². The zero-order valence-electron chi connectivity index (χ0n) is 20.0. The Morgan fingerprint density at radius 1 is 0.800 bits per heavy atom. The highest BCUT2D eigenvalue weighted by molar-refractivity contribution is 7.89. The second-order valence-corrected chi connectivity index (χ2v) is 10.7. The van der Waals surface area contributed by atoms with E-state index in [9.17, 15) is 13.2 Å². The Hall–Kier alpha value is -3.04. The summed E-state index contributed by atoms with van der Waals surface area (Å²) in [6, 6.07) is 23.6. The van der Waals surface area contributed by atoms with Gasteiger partial charge >= 0.3 is 0 Å². The average Bonchev–Trinajstić information content (AvgIpc) is 2.88. The van der Waals surface area contributed by atoms with Crippen molar-refractivity contribution in [3.63, 3.8) is 0 Å². The van der Waals surface area contributed by atoms with Gasteiger partial charge in [0.2, 0.25) is 10.0 Å². The second-order valence-electron chi connectivity index (χ2n) is 8.92. The molecule has 0 bridgehead atoms. The number of likely N-dealkylation sites (N-methyl/N-ethyl adjacent to an activating group) is 1. The van der Waals surface area contributed by atoms with E-state index in [-0.39, 0.29) is 17.3 Å². The number of rotatable bonds is 9. The standard InChI is InChI=1S/C27H32N4O3S/c1-30-13-15-31(16-14-30)21-24-10-5-9-23(17-24)19-28-27(32)25-11-6-12-26(18-25)35(33,34)29-20-22-7-3-2-4-8-22/h2-12,17-18,29H,13-16,19-21H2,1H3,(H,28,32). The van der Waals surface area contributed by atoms with Crippen LogP contribution in [0, 0.1) is 0 Å². The van der Waals surface area contributed by atoms with Gasteiger partial charge in [-0.25, -0.2) is 13.1 Å². The maximum Gasteiger partial charge on any atom is 0.251 e. The minimum absolute atomic E-state index is 0.0651. The smallest absolute Gasteiger partial charge is 0.251 e. The Balaban J connectivity index is 1.34. The van der Waals surface area contributed by atoms with E-state index in [0.29, 0.717) is 12.1 Å². The van der Waals surface area contributed by atoms with Crippen molar-refractivity contribution >= 4 is 15.9 Å². The van der Waals surface area contributed by atoms with Crippen LogP contribution in [0.4, 0.5) is 0 Å². The first kappa shape index (κ1) is 25.1. The van der Waals surface area contributed by atoms with Crippen LogP contribution in [-0.2, 0) is 29.7 Å². The lowest BCUT2D eigenvalue weighted by Gasteiger charge is -2.32. The quantitative estimate of drug-likeness (QED) is 0.480. The monoisotopic (exact) mass is 492 g/mol. The zero-order valence-corrected chi connectivity index (χ0v) is 20.8. The molecule has 1 aliphatic rings. The molecule has 1 aliphatic heterocycles. The van der Waals surface area contributed by atoms with Crippen LogP contribution in [0.5, 0.6) is 0 Å². The fourth-order valence-electron chi connectivity index (χ4n) is 4.05. The highest BCUT2D eigenvalue weighted by Gasteiger charge is 2.17. The molecule has 3 aromatic rings. The van der Waals surface area contributed by atoms with Crippen molar-refractivity contribution in [1.29, 1.82) is 0 Å². The zero-order chi connectivity index (χ0) is 24.7. The van der Waals surface area contributed by atoms with Crippen LogP contribution in [-0.4, -0.2) is 57.4 Å². The minimum Gasteiger partial charge on any atom is -0.348 e. The third-order valence-electron chi connectivity index (χ3n) is 6.16. The number of hydrogen-bond acceptors (Lipinski definition) is 5. The van der Waals surface area contributed by atoms with E-state index in [1.807, 2.05) is 42.5 Å². The van der Waals surface area contributed by atoms with Crippen molar-refractivity contribution in [3.8, 4) is 0 Å². The molecule has 0 radical (unpaired) electrons. The molecule has 1 heterocycles. The molecule has 0 aliphatic carbocycles. The number of hydrogen-bond donors (Lipinski definition) is 2. The molecule has 4 rings (SSSR count). The Kier molecular flexibility index (Phi) is 8.30. The Bertz CT molecular complexity index is 1240. The third-order valence-corrected chi connectivity index (χ3v) is 7.56. The van der Waals surface area contributed by atoms with Crippen LogP contribution in [0.2, 0.25) is 0 Å². The first-order valence-corrected chi connectivity index (χ1v) is 13.3. The molecule has 3 aromatic carbocycles. The molecule has 0 atom stereocenters. The molecule has 35 heavy (non-hydrogen) atoms. The molecule has 1 saturated heterocycles. The lowest BCUT2D eigenvalue weighted by Crippen LogP contribution is -2.43. The maximum atomic E-state index is 12.8. The van der Waals surface area contributed by atoms with Crippen LogP contribution >= 0.6 is 0 Å². The predicted octanol–water partition coefficient (Wildman–Crippen LogP) is 2.84. The summed E-state index contributed by atoms with van der Waals surface area (Å²) in [6.45, 7) is 5.71. The SMILES string of the molecule is CN1CCN(Cc2cccc(CNC(=O)c3cccc(S(=O)(=O)NCc4ccccc4)c3)c2)CC1. The van der Waals surface area contributed by atoms with E-state index in [1.54, 1.807) is 12.1 Å². The molecule has 1 fully saturated rings. The number of benzene rings is 3. The summed E-state index contributed by atoms with van der Waals surface area (Å²) in [5.74, 6) is -0.311. The Morgan fingerprint density at radius 2 is 1.49 bits per heavy atom. The van der Waals surface area contributed by atoms with Crippen LogP contribution < -0.4 is 10.0 Å². The molecule has 8 heteroatoms. The fraction of sp³-hybridized carbons (Fsp3) is 0.296. The number of carbonyl (C=O) groups is 1. The fourth-order valence-corrected chi connectivity index (χ4v) is 5.11. The Labute approximate surface area is 207 Å². The molecular formula is C27H32N4O3S. The minimum atomic E-state index is -3.74. The van der Waals surface area contributed by atoms with Gasteiger partial charge in [0.1, 0.15) is 0 Å². The summed E-state index contributed by atoms with van der Waals surface area (Å²) in [7, 11) is -1.60. The molecule has 0 saturated carbocycles. The molecule has 1 amide bonds. The number of carbonyl (C=O) groups excluding carboxylic acids is 1. The predicted molar refractivity (Wildman–Crippen MR) is 137 cm³/mol. The number of sulfonamides is 1. The van der Waals surface area contributed by atoms with Gasteiger partial charge in [0.15, 0.2) is 0 Å². The maximum absolute atomic E-state index is 12.8. The number of nitrogens with one attached hydrogen (secondary N) is 2. The lowest BCUT2D eigenvalue weighted by atomic mass is 10.1. The first-order valence-electron chi connectivity index (χ1n) is 11.8. The van der Waals surface area contributed by atoms with Crippen molar-refractivity contribution in [1.82, 2.24) is 19.8 Å². The van der Waals surface area contributed by atoms with E-state index >= 15 is 0 Å². The average molecular weight is 493 g/mol. The summed E-state index contributed by atoms with van der Waals surface area (Å²) in [5.41, 5.74) is 3.40. The molecule has 184 valence electrons. The molecular weight excluding hydrogens is 460 g/mol. The first-order chi connectivity index (χ1) is 16.9. The van der Waals surface area contributed by atoms with Crippen LogP contribution in [0.15, 0.2) is 83.8 Å². The van der Waals surface area contributed by atoms with Gasteiger partial charge in [0.05, 0.1) is 4.90 Å².